The summed E-state index contributed by atoms with van der Waals surface area (Å²) in [6.45, 7) is 2.74. The molecule has 1 aliphatic heterocycles. The van der Waals surface area contributed by atoms with Crippen LogP contribution >= 0.6 is 15.9 Å². The van der Waals surface area contributed by atoms with Gasteiger partial charge in [0.05, 0.1) is 6.61 Å². The Morgan fingerprint density at radius 2 is 1.94 bits per heavy atom. The average Bonchev–Trinajstić information content (AvgIpc) is 2.77. The van der Waals surface area contributed by atoms with E-state index in [1.165, 1.54) is 58.0 Å². The lowest BCUT2D eigenvalue weighted by molar-refractivity contribution is 0.0901. The number of aliphatic hydroxyl groups is 1. The number of likely N-dealkylation sites (tertiary alicyclic amines) is 1. The normalized spacial score (nSPS) is 30.8. The second kappa shape index (κ2) is 5.83. The Morgan fingerprint density at radius 1 is 1.19 bits per heavy atom. The highest BCUT2D eigenvalue weighted by molar-refractivity contribution is 9.09. The number of alkyl halides is 1. The SMILES string of the molecule is OCC1CCCN1CC1(CBr)CCCCC1. The second-order valence-corrected chi connectivity index (χ2v) is 6.20. The van der Waals surface area contributed by atoms with Crippen molar-refractivity contribution in [2.45, 2.75) is 51.0 Å². The molecule has 2 rings (SSSR count). The molecule has 2 fully saturated rings. The van der Waals surface area contributed by atoms with Gasteiger partial charge in [-0.25, -0.2) is 0 Å². The minimum Gasteiger partial charge on any atom is -0.395 e. The van der Waals surface area contributed by atoms with E-state index in [0.717, 1.165) is 5.33 Å². The highest BCUT2D eigenvalue weighted by Gasteiger charge is 2.36. The van der Waals surface area contributed by atoms with Crippen molar-refractivity contribution in [1.82, 2.24) is 4.90 Å². The van der Waals surface area contributed by atoms with Gasteiger partial charge >= 0.3 is 0 Å². The van der Waals surface area contributed by atoms with Crippen LogP contribution in [0.15, 0.2) is 0 Å². The molecule has 2 nitrogen and oxygen atoms in total. The summed E-state index contributed by atoms with van der Waals surface area (Å²) in [7, 11) is 0. The van der Waals surface area contributed by atoms with Gasteiger partial charge in [-0.05, 0) is 37.6 Å². The van der Waals surface area contributed by atoms with E-state index in [0.29, 0.717) is 18.1 Å². The second-order valence-electron chi connectivity index (χ2n) is 5.64. The summed E-state index contributed by atoms with van der Waals surface area (Å²) in [6, 6.07) is 0.442. The third-order valence-electron chi connectivity index (χ3n) is 4.45. The first-order valence-electron chi connectivity index (χ1n) is 6.70. The number of hydrogen-bond acceptors (Lipinski definition) is 2. The standard InChI is InChI=1S/C13H24BrNO/c14-10-13(6-2-1-3-7-13)11-15-8-4-5-12(15)9-16/h12,16H,1-11H2. The molecule has 0 radical (unpaired) electrons. The Morgan fingerprint density at radius 3 is 2.56 bits per heavy atom. The van der Waals surface area contributed by atoms with Crippen LogP contribution in [0.3, 0.4) is 0 Å². The van der Waals surface area contributed by atoms with Crippen LogP contribution in [0.2, 0.25) is 0 Å². The molecule has 1 aliphatic carbocycles. The average molecular weight is 290 g/mol. The molecule has 0 aromatic rings. The van der Waals surface area contributed by atoms with Crippen LogP contribution in [0.5, 0.6) is 0 Å². The molecule has 0 aromatic carbocycles. The van der Waals surface area contributed by atoms with Crippen LogP contribution in [0, 0.1) is 5.41 Å². The van der Waals surface area contributed by atoms with Crippen molar-refractivity contribution in [3.05, 3.63) is 0 Å². The molecular formula is C13H24BrNO. The molecule has 94 valence electrons. The Bertz CT molecular complexity index is 216. The van der Waals surface area contributed by atoms with E-state index in [9.17, 15) is 5.11 Å². The van der Waals surface area contributed by atoms with Gasteiger partial charge in [0.2, 0.25) is 0 Å². The molecule has 3 heteroatoms. The van der Waals surface area contributed by atoms with E-state index in [2.05, 4.69) is 20.8 Å². The minimum atomic E-state index is 0.346. The third kappa shape index (κ3) is 2.80. The van der Waals surface area contributed by atoms with Crippen molar-refractivity contribution in [3.8, 4) is 0 Å². The van der Waals surface area contributed by atoms with Crippen LogP contribution in [0.4, 0.5) is 0 Å². The van der Waals surface area contributed by atoms with Crippen LogP contribution in [-0.4, -0.2) is 41.1 Å². The molecule has 1 saturated heterocycles. The molecule has 1 unspecified atom stereocenters. The lowest BCUT2D eigenvalue weighted by atomic mass is 9.75. The molecule has 2 aliphatic rings. The van der Waals surface area contributed by atoms with Crippen LogP contribution in [0.25, 0.3) is 0 Å². The molecular weight excluding hydrogens is 266 g/mol. The van der Waals surface area contributed by atoms with Crippen LogP contribution < -0.4 is 0 Å². The number of hydrogen-bond donors (Lipinski definition) is 1. The summed E-state index contributed by atoms with van der Waals surface area (Å²) < 4.78 is 0. The molecule has 1 N–H and O–H groups in total. The fourth-order valence-corrected chi connectivity index (χ4v) is 4.11. The van der Waals surface area contributed by atoms with Gasteiger partial charge in [-0.15, -0.1) is 0 Å². The number of halogens is 1. The molecule has 1 heterocycles. The van der Waals surface area contributed by atoms with Gasteiger partial charge in [-0.1, -0.05) is 35.2 Å². The Balaban J connectivity index is 1.94. The molecule has 16 heavy (non-hydrogen) atoms. The maximum absolute atomic E-state index is 9.37. The van der Waals surface area contributed by atoms with Gasteiger partial charge in [-0.2, -0.15) is 0 Å². The predicted molar refractivity (Wildman–Crippen MR) is 71.0 cm³/mol. The lowest BCUT2D eigenvalue weighted by Gasteiger charge is -2.40. The van der Waals surface area contributed by atoms with E-state index in [1.807, 2.05) is 0 Å². The van der Waals surface area contributed by atoms with E-state index in [-0.39, 0.29) is 0 Å². The highest BCUT2D eigenvalue weighted by atomic mass is 79.9. The van der Waals surface area contributed by atoms with E-state index >= 15 is 0 Å². The van der Waals surface area contributed by atoms with Crippen molar-refractivity contribution >= 4 is 15.9 Å². The first-order valence-corrected chi connectivity index (χ1v) is 7.83. The summed E-state index contributed by atoms with van der Waals surface area (Å²) in [4.78, 5) is 2.53. The fraction of sp³-hybridized carbons (Fsp3) is 1.00. The molecule has 0 spiro atoms. The van der Waals surface area contributed by atoms with Gasteiger partial charge in [-0.3, -0.25) is 4.90 Å². The maximum Gasteiger partial charge on any atom is 0.0586 e. The zero-order chi connectivity index (χ0) is 11.4. The van der Waals surface area contributed by atoms with Crippen molar-refractivity contribution in [1.29, 1.82) is 0 Å². The van der Waals surface area contributed by atoms with Crippen molar-refractivity contribution < 1.29 is 5.11 Å². The summed E-state index contributed by atoms with van der Waals surface area (Å²) in [5.74, 6) is 0. The quantitative estimate of drug-likeness (QED) is 0.805. The summed E-state index contributed by atoms with van der Waals surface area (Å²) in [5.41, 5.74) is 0.496. The monoisotopic (exact) mass is 289 g/mol. The summed E-state index contributed by atoms with van der Waals surface area (Å²) in [5, 5.41) is 10.5. The molecule has 0 aromatic heterocycles. The first kappa shape index (κ1) is 12.8. The number of nitrogens with zero attached hydrogens (tertiary/aromatic N) is 1. The molecule has 0 bridgehead atoms. The number of aliphatic hydroxyl groups excluding tert-OH is 1. The Hall–Kier alpha value is 0.400. The molecule has 1 saturated carbocycles. The lowest BCUT2D eigenvalue weighted by Crippen LogP contribution is -2.43. The van der Waals surface area contributed by atoms with Gasteiger partial charge in [0, 0.05) is 17.9 Å². The first-order chi connectivity index (χ1) is 7.79. The van der Waals surface area contributed by atoms with Gasteiger partial charge in [0.1, 0.15) is 0 Å². The predicted octanol–water partition coefficient (Wildman–Crippen LogP) is 2.79. The van der Waals surface area contributed by atoms with Crippen molar-refractivity contribution in [2.24, 2.45) is 5.41 Å². The maximum atomic E-state index is 9.37. The van der Waals surface area contributed by atoms with Gasteiger partial charge in [0.25, 0.3) is 0 Å². The van der Waals surface area contributed by atoms with E-state index in [1.54, 1.807) is 0 Å². The zero-order valence-corrected chi connectivity index (χ0v) is 11.7. The molecule has 0 amide bonds. The number of rotatable bonds is 4. The summed E-state index contributed by atoms with van der Waals surface area (Å²) in [6.07, 6.45) is 9.39. The van der Waals surface area contributed by atoms with Crippen LogP contribution in [0.1, 0.15) is 44.9 Å². The Labute approximate surface area is 108 Å². The van der Waals surface area contributed by atoms with Gasteiger partial charge in [0.15, 0.2) is 0 Å². The van der Waals surface area contributed by atoms with E-state index in [4.69, 9.17) is 0 Å². The summed E-state index contributed by atoms with van der Waals surface area (Å²) >= 11 is 3.73. The highest BCUT2D eigenvalue weighted by Crippen LogP contribution is 2.39. The molecule has 1 atom stereocenters. The smallest absolute Gasteiger partial charge is 0.0586 e. The largest absolute Gasteiger partial charge is 0.395 e. The Kier molecular flexibility index (Phi) is 4.68. The topological polar surface area (TPSA) is 23.5 Å². The van der Waals surface area contributed by atoms with Crippen molar-refractivity contribution in [2.75, 3.05) is 25.0 Å². The third-order valence-corrected chi connectivity index (χ3v) is 5.64. The van der Waals surface area contributed by atoms with E-state index < -0.39 is 0 Å². The fourth-order valence-electron chi connectivity index (χ4n) is 3.38. The minimum absolute atomic E-state index is 0.346. The van der Waals surface area contributed by atoms with Gasteiger partial charge < -0.3 is 5.11 Å². The van der Waals surface area contributed by atoms with Crippen molar-refractivity contribution in [3.63, 3.8) is 0 Å². The zero-order valence-electron chi connectivity index (χ0n) is 10.1. The van der Waals surface area contributed by atoms with Crippen LogP contribution in [-0.2, 0) is 0 Å².